The van der Waals surface area contributed by atoms with Crippen LogP contribution in [0.1, 0.15) is 30.5 Å². The zero-order valence-electron chi connectivity index (χ0n) is 42.5. The predicted molar refractivity (Wildman–Crippen MR) is 326 cm³/mol. The van der Waals surface area contributed by atoms with E-state index < -0.39 is 0 Å². The molecule has 0 saturated carbocycles. The summed E-state index contributed by atoms with van der Waals surface area (Å²) in [6.45, 7) is 13.7. The predicted octanol–water partition coefficient (Wildman–Crippen LogP) is 19.5. The summed E-state index contributed by atoms with van der Waals surface area (Å²) in [5, 5.41) is 20.7. The summed E-state index contributed by atoms with van der Waals surface area (Å²) in [5.74, 6) is 0. The zero-order valence-corrected chi connectivity index (χ0v) is 43.3. The summed E-state index contributed by atoms with van der Waals surface area (Å²) < 4.78 is 9.22. The van der Waals surface area contributed by atoms with Crippen molar-refractivity contribution in [1.82, 2.24) is 13.7 Å². The van der Waals surface area contributed by atoms with Gasteiger partial charge in [0.2, 0.25) is 5.69 Å². The second kappa shape index (κ2) is 16.4. The van der Waals surface area contributed by atoms with Crippen molar-refractivity contribution in [3.63, 3.8) is 0 Å². The van der Waals surface area contributed by atoms with Gasteiger partial charge >= 0.3 is 0 Å². The van der Waals surface area contributed by atoms with Gasteiger partial charge in [0.05, 0.1) is 56.6 Å². The van der Waals surface area contributed by atoms with Gasteiger partial charge in [-0.15, -0.1) is 11.3 Å². The quantitative estimate of drug-likeness (QED) is 0.156. The molecule has 0 N–H and O–H groups in total. The SMILES string of the molecule is [C-]#[N+]c1cc(-n2c3ccc(-n4c5ccccc5c5ccccc54)cc3c3cc4c(cc32)sc2ccccc24)c(C#N)cc1-n1c2ccc(N(c3ccccc3)c3ccccc3)cc2c2cc3c(cc21)C(C)(C)c1ccccc1-3. The zero-order chi connectivity index (χ0) is 52.0. The highest BCUT2D eigenvalue weighted by Crippen LogP contribution is 2.52. The molecule has 1 aliphatic rings. The van der Waals surface area contributed by atoms with E-state index in [4.69, 9.17) is 6.57 Å². The smallest absolute Gasteiger partial charge is 0.212 e. The van der Waals surface area contributed by atoms with Crippen molar-refractivity contribution < 1.29 is 0 Å². The van der Waals surface area contributed by atoms with E-state index in [1.165, 1.54) is 48.5 Å². The summed E-state index contributed by atoms with van der Waals surface area (Å²) in [4.78, 5) is 6.68. The minimum absolute atomic E-state index is 0.272. The van der Waals surface area contributed by atoms with E-state index in [1.54, 1.807) is 11.3 Å². The first kappa shape index (κ1) is 44.1. The Morgan fingerprint density at radius 1 is 0.423 bits per heavy atom. The molecule has 78 heavy (non-hydrogen) atoms. The molecule has 11 aromatic carbocycles. The highest BCUT2D eigenvalue weighted by Gasteiger charge is 2.36. The molecule has 0 saturated heterocycles. The molecule has 1 aliphatic carbocycles. The number of rotatable bonds is 6. The number of para-hydroxylation sites is 4. The topological polar surface area (TPSA) is 46.2 Å². The molecule has 6 nitrogen and oxygen atoms in total. The normalized spacial score (nSPS) is 12.8. The van der Waals surface area contributed by atoms with Gasteiger partial charge in [0.25, 0.3) is 0 Å². The van der Waals surface area contributed by atoms with Crippen molar-refractivity contribution in [1.29, 1.82) is 5.26 Å². The Hall–Kier alpha value is -10.2. The summed E-state index contributed by atoms with van der Waals surface area (Å²) in [6, 6.07) is 84.9. The van der Waals surface area contributed by atoms with Crippen molar-refractivity contribution in [3.8, 4) is 34.3 Å². The first-order valence-corrected chi connectivity index (χ1v) is 27.1. The standard InChI is InChI=1S/C71H44N6S/c1-71(2)58-26-14-10-22-48(58)52-37-55-53-35-46(74(44-18-6-4-7-19-44)45-20-8-5-9-21-45)30-32-64(53)77(66(55)39-59(52)71)68-34-43(42-72)65(40-60(68)73-3)76-63-33-31-47(75-61-27-15-11-23-49(61)50-24-12-16-28-62(50)75)36-54(63)56-38-57-51-25-13-17-29-69(51)78-70(57)41-67(56)76/h4-41H,1-2H3. The molecular formula is C71H44N6S. The van der Waals surface area contributed by atoms with Crippen LogP contribution in [0, 0.1) is 17.9 Å². The van der Waals surface area contributed by atoms with Crippen LogP contribution >= 0.6 is 11.3 Å². The van der Waals surface area contributed by atoms with Gasteiger partial charge in [-0.1, -0.05) is 129 Å². The van der Waals surface area contributed by atoms with E-state index in [9.17, 15) is 5.26 Å². The van der Waals surface area contributed by atoms with Gasteiger partial charge in [0.15, 0.2) is 0 Å². The first-order valence-electron chi connectivity index (χ1n) is 26.3. The Morgan fingerprint density at radius 2 is 1.00 bits per heavy atom. The van der Waals surface area contributed by atoms with Crippen LogP contribution in [-0.4, -0.2) is 13.7 Å². The second-order valence-electron chi connectivity index (χ2n) is 21.1. The Kier molecular flexibility index (Phi) is 9.29. The molecule has 4 aromatic heterocycles. The molecule has 15 aromatic rings. The molecule has 16 rings (SSSR count). The summed E-state index contributed by atoms with van der Waals surface area (Å²) in [6.07, 6.45) is 0. The van der Waals surface area contributed by atoms with E-state index in [0.717, 1.165) is 82.1 Å². The van der Waals surface area contributed by atoms with Crippen LogP contribution < -0.4 is 4.90 Å². The van der Waals surface area contributed by atoms with Crippen LogP contribution in [0.3, 0.4) is 0 Å². The molecule has 0 unspecified atom stereocenters. The first-order chi connectivity index (χ1) is 38.4. The van der Waals surface area contributed by atoms with Crippen LogP contribution in [-0.2, 0) is 5.41 Å². The van der Waals surface area contributed by atoms with Crippen LogP contribution in [0.15, 0.2) is 231 Å². The van der Waals surface area contributed by atoms with E-state index in [0.29, 0.717) is 22.6 Å². The van der Waals surface area contributed by atoms with Crippen LogP contribution in [0.4, 0.5) is 22.7 Å². The van der Waals surface area contributed by atoms with Gasteiger partial charge in [0.1, 0.15) is 6.07 Å². The van der Waals surface area contributed by atoms with E-state index >= 15 is 0 Å². The van der Waals surface area contributed by atoms with Gasteiger partial charge in [-0.2, -0.15) is 5.26 Å². The summed E-state index contributed by atoms with van der Waals surface area (Å²) in [5.41, 5.74) is 17.3. The molecule has 0 bridgehead atoms. The number of fused-ring (bicyclic) bond motifs is 15. The molecule has 0 atom stereocenters. The van der Waals surface area contributed by atoms with Crippen molar-refractivity contribution in [2.75, 3.05) is 4.90 Å². The average Bonchev–Trinajstić information content (AvgIpc) is 4.25. The lowest BCUT2D eigenvalue weighted by Gasteiger charge is -2.25. The molecular weight excluding hydrogens is 969 g/mol. The number of benzene rings is 11. The minimum Gasteiger partial charge on any atom is -0.319 e. The number of aromatic nitrogens is 3. The maximum Gasteiger partial charge on any atom is 0.212 e. The number of thiophene rings is 1. The molecule has 0 fully saturated rings. The fourth-order valence-corrected chi connectivity index (χ4v) is 14.3. The van der Waals surface area contributed by atoms with Crippen molar-refractivity contribution in [2.45, 2.75) is 19.3 Å². The summed E-state index contributed by atoms with van der Waals surface area (Å²) in [7, 11) is 0. The number of nitrogens with zero attached hydrogens (tertiary/aromatic N) is 6. The lowest BCUT2D eigenvalue weighted by Crippen LogP contribution is -2.15. The molecule has 7 heteroatoms. The maximum absolute atomic E-state index is 11.6. The van der Waals surface area contributed by atoms with Gasteiger partial charge in [-0.25, -0.2) is 4.85 Å². The molecule has 0 amide bonds. The number of hydrogen-bond donors (Lipinski definition) is 0. The molecule has 364 valence electrons. The number of nitriles is 1. The van der Waals surface area contributed by atoms with Crippen molar-refractivity contribution >= 4 is 120 Å². The Balaban J connectivity index is 0.960. The molecule has 0 aliphatic heterocycles. The Morgan fingerprint density at radius 3 is 1.72 bits per heavy atom. The molecule has 4 heterocycles. The van der Waals surface area contributed by atoms with Gasteiger partial charge in [-0.3, -0.25) is 0 Å². The Bertz CT molecular complexity index is 5060. The molecule has 0 spiro atoms. The third-order valence-corrected chi connectivity index (χ3v) is 17.8. The monoisotopic (exact) mass is 1010 g/mol. The van der Waals surface area contributed by atoms with Gasteiger partial charge in [0, 0.05) is 80.7 Å². The van der Waals surface area contributed by atoms with Crippen LogP contribution in [0.2, 0.25) is 0 Å². The van der Waals surface area contributed by atoms with E-state index in [-0.39, 0.29) is 5.41 Å². The third kappa shape index (κ3) is 6.16. The fourth-order valence-electron chi connectivity index (χ4n) is 13.1. The fraction of sp³-hybridized carbons (Fsp3) is 0.0423. The largest absolute Gasteiger partial charge is 0.319 e. The Labute approximate surface area is 453 Å². The van der Waals surface area contributed by atoms with Crippen molar-refractivity contribution in [3.05, 3.63) is 259 Å². The highest BCUT2D eigenvalue weighted by atomic mass is 32.1. The van der Waals surface area contributed by atoms with Crippen LogP contribution in [0.5, 0.6) is 0 Å². The maximum atomic E-state index is 11.6. The van der Waals surface area contributed by atoms with E-state index in [2.05, 4.69) is 250 Å². The van der Waals surface area contributed by atoms with Crippen LogP contribution in [0.25, 0.3) is 119 Å². The number of hydrogen-bond acceptors (Lipinski definition) is 3. The lowest BCUT2D eigenvalue weighted by atomic mass is 9.82. The average molecular weight is 1010 g/mol. The second-order valence-corrected chi connectivity index (χ2v) is 22.2. The molecule has 0 radical (unpaired) electrons. The lowest BCUT2D eigenvalue weighted by molar-refractivity contribution is 0.661. The third-order valence-electron chi connectivity index (χ3n) is 16.6. The summed E-state index contributed by atoms with van der Waals surface area (Å²) >= 11 is 1.78. The highest BCUT2D eigenvalue weighted by molar-refractivity contribution is 7.25. The number of anilines is 3. The van der Waals surface area contributed by atoms with Gasteiger partial charge < -0.3 is 18.6 Å². The van der Waals surface area contributed by atoms with Gasteiger partial charge in [-0.05, 0) is 138 Å². The van der Waals surface area contributed by atoms with Crippen molar-refractivity contribution in [2.24, 2.45) is 0 Å². The minimum atomic E-state index is -0.272. The van der Waals surface area contributed by atoms with E-state index in [1.807, 2.05) is 24.3 Å².